The van der Waals surface area contributed by atoms with Gasteiger partial charge in [-0.05, 0) is 29.8 Å². The van der Waals surface area contributed by atoms with Gasteiger partial charge >= 0.3 is 5.97 Å². The molecule has 0 amide bonds. The molecule has 1 aliphatic rings. The van der Waals surface area contributed by atoms with Crippen LogP contribution in [0, 0.1) is 0 Å². The van der Waals surface area contributed by atoms with Crippen LogP contribution in [-0.4, -0.2) is 52.0 Å². The molecule has 28 heavy (non-hydrogen) atoms. The number of H-pyrrole nitrogens is 1. The lowest BCUT2D eigenvalue weighted by Crippen LogP contribution is -2.48. The normalized spacial score (nSPS) is 17.1. The van der Waals surface area contributed by atoms with Gasteiger partial charge in [-0.25, -0.2) is 0 Å². The van der Waals surface area contributed by atoms with Crippen molar-refractivity contribution < 1.29 is 9.90 Å². The minimum absolute atomic E-state index is 0.569. The maximum atomic E-state index is 12.1. The Balaban J connectivity index is 1.50. The second-order valence-corrected chi connectivity index (χ2v) is 7.93. The average molecular weight is 418 g/mol. The van der Waals surface area contributed by atoms with Gasteiger partial charge in [0.15, 0.2) is 0 Å². The number of aromatic amines is 1. The molecule has 1 aliphatic heterocycles. The summed E-state index contributed by atoms with van der Waals surface area (Å²) >= 11 is 12.4. The zero-order valence-electron chi connectivity index (χ0n) is 15.2. The lowest BCUT2D eigenvalue weighted by molar-refractivity contribution is -0.144. The molecule has 2 N–H and O–H groups in total. The van der Waals surface area contributed by atoms with E-state index < -0.39 is 12.0 Å². The number of rotatable bonds is 5. The standard InChI is InChI=1S/C21H21Cl2N3O2/c22-15-4-1-3-14(11-15)13-25-7-9-26(10-8-25)20(21(27)28)16-12-24-18-6-2-5-17(23)19(16)18/h1-6,11-12,20,24H,7-10,13H2,(H,27,28)/t20-/m1/s1. The van der Waals surface area contributed by atoms with Gasteiger partial charge in [0, 0.05) is 60.4 Å². The zero-order chi connectivity index (χ0) is 19.7. The van der Waals surface area contributed by atoms with Gasteiger partial charge in [0.2, 0.25) is 0 Å². The van der Waals surface area contributed by atoms with Gasteiger partial charge in [0.1, 0.15) is 6.04 Å². The molecule has 4 rings (SSSR count). The van der Waals surface area contributed by atoms with Crippen LogP contribution in [0.25, 0.3) is 10.9 Å². The van der Waals surface area contributed by atoms with Crippen molar-refractivity contribution in [3.63, 3.8) is 0 Å². The van der Waals surface area contributed by atoms with Crippen LogP contribution in [0.5, 0.6) is 0 Å². The van der Waals surface area contributed by atoms with Crippen LogP contribution < -0.4 is 0 Å². The number of piperazine rings is 1. The fourth-order valence-corrected chi connectivity index (χ4v) is 4.44. The van der Waals surface area contributed by atoms with E-state index in [2.05, 4.69) is 16.0 Å². The van der Waals surface area contributed by atoms with Crippen molar-refractivity contribution in [2.24, 2.45) is 0 Å². The molecule has 7 heteroatoms. The van der Waals surface area contributed by atoms with E-state index in [4.69, 9.17) is 23.2 Å². The molecule has 2 heterocycles. The SMILES string of the molecule is O=C(O)[C@@H](c1c[nH]c2cccc(Cl)c12)N1CCN(Cc2cccc(Cl)c2)CC1. The highest BCUT2D eigenvalue weighted by Crippen LogP contribution is 2.34. The quantitative estimate of drug-likeness (QED) is 0.644. The third-order valence-electron chi connectivity index (χ3n) is 5.28. The Labute approximate surface area is 173 Å². The van der Waals surface area contributed by atoms with Crippen molar-refractivity contribution in [2.45, 2.75) is 12.6 Å². The summed E-state index contributed by atoms with van der Waals surface area (Å²) in [5.74, 6) is -0.857. The average Bonchev–Trinajstić information content (AvgIpc) is 3.08. The van der Waals surface area contributed by atoms with Crippen LogP contribution in [0.1, 0.15) is 17.2 Å². The Morgan fingerprint density at radius 3 is 2.57 bits per heavy atom. The number of aromatic nitrogens is 1. The number of hydrogen-bond acceptors (Lipinski definition) is 3. The van der Waals surface area contributed by atoms with Crippen molar-refractivity contribution in [3.8, 4) is 0 Å². The van der Waals surface area contributed by atoms with Crippen LogP contribution in [0.15, 0.2) is 48.7 Å². The predicted octanol–water partition coefficient (Wildman–Crippen LogP) is 4.42. The Kier molecular flexibility index (Phi) is 5.60. The highest BCUT2D eigenvalue weighted by atomic mass is 35.5. The predicted molar refractivity (Wildman–Crippen MR) is 112 cm³/mol. The number of halogens is 2. The van der Waals surface area contributed by atoms with Gasteiger partial charge in [-0.2, -0.15) is 0 Å². The highest BCUT2D eigenvalue weighted by Gasteiger charge is 2.32. The summed E-state index contributed by atoms with van der Waals surface area (Å²) in [6, 6.07) is 12.7. The second kappa shape index (κ2) is 8.13. The van der Waals surface area contributed by atoms with Crippen LogP contribution in [-0.2, 0) is 11.3 Å². The lowest BCUT2D eigenvalue weighted by Gasteiger charge is -2.37. The van der Waals surface area contributed by atoms with Crippen LogP contribution in [0.2, 0.25) is 10.0 Å². The number of hydrogen-bond donors (Lipinski definition) is 2. The molecular weight excluding hydrogens is 397 g/mol. The molecule has 0 unspecified atom stereocenters. The first-order valence-electron chi connectivity index (χ1n) is 9.22. The van der Waals surface area contributed by atoms with E-state index in [0.717, 1.165) is 41.1 Å². The molecule has 1 aromatic heterocycles. The highest BCUT2D eigenvalue weighted by molar-refractivity contribution is 6.35. The van der Waals surface area contributed by atoms with E-state index in [0.29, 0.717) is 18.1 Å². The smallest absolute Gasteiger partial charge is 0.325 e. The van der Waals surface area contributed by atoms with Gasteiger partial charge in [0.05, 0.1) is 5.02 Å². The lowest BCUT2D eigenvalue weighted by atomic mass is 10.0. The minimum Gasteiger partial charge on any atom is -0.480 e. The molecular formula is C21H21Cl2N3O2. The van der Waals surface area contributed by atoms with Gasteiger partial charge < -0.3 is 10.1 Å². The summed E-state index contributed by atoms with van der Waals surface area (Å²) < 4.78 is 0. The summed E-state index contributed by atoms with van der Waals surface area (Å²) in [5, 5.41) is 12.0. The first kappa shape index (κ1) is 19.3. The van der Waals surface area contributed by atoms with E-state index >= 15 is 0 Å². The molecule has 146 valence electrons. The summed E-state index contributed by atoms with van der Waals surface area (Å²) in [6.45, 7) is 3.76. The molecule has 0 radical (unpaired) electrons. The number of carboxylic acids is 1. The van der Waals surface area contributed by atoms with Gasteiger partial charge in [0.25, 0.3) is 0 Å². The molecule has 2 aromatic carbocycles. The number of nitrogens with zero attached hydrogens (tertiary/aromatic N) is 2. The molecule has 3 aromatic rings. The van der Waals surface area contributed by atoms with Gasteiger partial charge in [-0.3, -0.25) is 14.6 Å². The molecule has 5 nitrogen and oxygen atoms in total. The molecule has 0 bridgehead atoms. The third-order valence-corrected chi connectivity index (χ3v) is 5.83. The largest absolute Gasteiger partial charge is 0.480 e. The Hall–Kier alpha value is -2.05. The molecule has 0 saturated carbocycles. The Morgan fingerprint density at radius 1 is 1.11 bits per heavy atom. The van der Waals surface area contributed by atoms with Crippen molar-refractivity contribution >= 4 is 40.1 Å². The Morgan fingerprint density at radius 2 is 1.86 bits per heavy atom. The van der Waals surface area contributed by atoms with Crippen molar-refractivity contribution in [1.29, 1.82) is 0 Å². The van der Waals surface area contributed by atoms with E-state index in [9.17, 15) is 9.90 Å². The molecule has 0 aliphatic carbocycles. The van der Waals surface area contributed by atoms with Crippen LogP contribution in [0.4, 0.5) is 0 Å². The van der Waals surface area contributed by atoms with E-state index in [1.54, 1.807) is 12.3 Å². The number of carbonyl (C=O) groups is 1. The van der Waals surface area contributed by atoms with Crippen molar-refractivity contribution in [2.75, 3.05) is 26.2 Å². The van der Waals surface area contributed by atoms with E-state index in [1.165, 1.54) is 5.56 Å². The molecule has 1 atom stereocenters. The van der Waals surface area contributed by atoms with Gasteiger partial charge in [-0.15, -0.1) is 0 Å². The van der Waals surface area contributed by atoms with Crippen molar-refractivity contribution in [1.82, 2.24) is 14.8 Å². The first-order valence-corrected chi connectivity index (χ1v) is 9.97. The molecule has 1 saturated heterocycles. The summed E-state index contributed by atoms with van der Waals surface area (Å²) in [6.07, 6.45) is 1.77. The number of benzene rings is 2. The van der Waals surface area contributed by atoms with Crippen molar-refractivity contribution in [3.05, 3.63) is 69.8 Å². The van der Waals surface area contributed by atoms with Crippen LogP contribution in [0.3, 0.4) is 0 Å². The van der Waals surface area contributed by atoms with Crippen LogP contribution >= 0.6 is 23.2 Å². The van der Waals surface area contributed by atoms with E-state index in [-0.39, 0.29) is 0 Å². The fourth-order valence-electron chi connectivity index (χ4n) is 3.94. The maximum absolute atomic E-state index is 12.1. The third kappa shape index (κ3) is 3.89. The second-order valence-electron chi connectivity index (χ2n) is 7.09. The molecule has 1 fully saturated rings. The van der Waals surface area contributed by atoms with Gasteiger partial charge in [-0.1, -0.05) is 41.4 Å². The Bertz CT molecular complexity index is 996. The monoisotopic (exact) mass is 417 g/mol. The first-order chi connectivity index (χ1) is 13.5. The summed E-state index contributed by atoms with van der Waals surface area (Å²) in [5.41, 5.74) is 2.74. The zero-order valence-corrected chi connectivity index (χ0v) is 16.7. The summed E-state index contributed by atoms with van der Waals surface area (Å²) in [4.78, 5) is 19.6. The summed E-state index contributed by atoms with van der Waals surface area (Å²) in [7, 11) is 0. The minimum atomic E-state index is -0.857. The number of aliphatic carboxylic acids is 1. The van der Waals surface area contributed by atoms with E-state index in [1.807, 2.05) is 35.2 Å². The topological polar surface area (TPSA) is 59.6 Å². The molecule has 0 spiro atoms. The number of nitrogens with one attached hydrogen (secondary N) is 1. The number of fused-ring (bicyclic) bond motifs is 1. The number of carboxylic acid groups (broad SMARTS) is 1. The maximum Gasteiger partial charge on any atom is 0.325 e. The fraction of sp³-hybridized carbons (Fsp3) is 0.286.